The molecule has 0 aliphatic carbocycles. The Kier molecular flexibility index (Phi) is 4.06. The molecule has 1 aliphatic heterocycles. The van der Waals surface area contributed by atoms with Crippen molar-refractivity contribution in [3.63, 3.8) is 0 Å². The number of nitrogens with two attached hydrogens (primary N) is 1. The van der Waals surface area contributed by atoms with Gasteiger partial charge in [-0.05, 0) is 5.92 Å². The standard InChI is InChI=1S/C15H16FN5O4/c1-4-15(25-13(23)7(2)3)8(22)5-9(24-15)21-6-18-10-11(17)19-14(16)20-12(10)21/h1,6-9,22H,5H2,2-3H3,(H2,17,19,20)/t8-,9+,15+/m0/s1. The normalized spacial score (nSPS) is 26.1. The fraction of sp³-hybridized carbons (Fsp3) is 0.467. The summed E-state index contributed by atoms with van der Waals surface area (Å²) < 4.78 is 25.6. The summed E-state index contributed by atoms with van der Waals surface area (Å²) in [5.74, 6) is -0.962. The second kappa shape index (κ2) is 5.94. The van der Waals surface area contributed by atoms with Crippen molar-refractivity contribution in [2.75, 3.05) is 5.73 Å². The molecule has 0 unspecified atom stereocenters. The van der Waals surface area contributed by atoms with Crippen molar-refractivity contribution in [3.05, 3.63) is 12.4 Å². The maximum Gasteiger partial charge on any atom is 0.312 e. The number of fused-ring (bicyclic) bond motifs is 1. The number of hydrogen-bond acceptors (Lipinski definition) is 8. The Bertz CT molecular complexity index is 877. The zero-order valence-electron chi connectivity index (χ0n) is 13.5. The molecule has 10 heteroatoms. The number of aliphatic hydroxyl groups is 1. The summed E-state index contributed by atoms with van der Waals surface area (Å²) in [4.78, 5) is 22.9. The van der Waals surface area contributed by atoms with Gasteiger partial charge in [-0.2, -0.15) is 14.4 Å². The molecule has 3 atom stereocenters. The van der Waals surface area contributed by atoms with Crippen LogP contribution in [0.3, 0.4) is 0 Å². The number of carbonyl (C=O) groups excluding carboxylic acids is 1. The number of halogens is 1. The van der Waals surface area contributed by atoms with Crippen molar-refractivity contribution >= 4 is 23.0 Å². The van der Waals surface area contributed by atoms with E-state index >= 15 is 0 Å². The van der Waals surface area contributed by atoms with E-state index in [4.69, 9.17) is 21.6 Å². The molecule has 2 aromatic heterocycles. The largest absolute Gasteiger partial charge is 0.418 e. The third kappa shape index (κ3) is 2.77. The Morgan fingerprint density at radius 2 is 2.36 bits per heavy atom. The second-order valence-corrected chi connectivity index (χ2v) is 5.91. The molecule has 132 valence electrons. The van der Waals surface area contributed by atoms with Gasteiger partial charge in [0.2, 0.25) is 0 Å². The highest BCUT2D eigenvalue weighted by atomic mass is 19.1. The van der Waals surface area contributed by atoms with E-state index in [0.29, 0.717) is 0 Å². The van der Waals surface area contributed by atoms with Crippen LogP contribution in [0.25, 0.3) is 11.2 Å². The summed E-state index contributed by atoms with van der Waals surface area (Å²) in [6, 6.07) is 0. The minimum absolute atomic E-state index is 0.0213. The Morgan fingerprint density at radius 3 is 3.00 bits per heavy atom. The number of aliphatic hydroxyl groups excluding tert-OH is 1. The van der Waals surface area contributed by atoms with E-state index in [1.165, 1.54) is 10.9 Å². The monoisotopic (exact) mass is 349 g/mol. The molecule has 25 heavy (non-hydrogen) atoms. The number of carbonyl (C=O) groups is 1. The van der Waals surface area contributed by atoms with Crippen LogP contribution in [-0.4, -0.2) is 42.5 Å². The van der Waals surface area contributed by atoms with Crippen LogP contribution < -0.4 is 5.73 Å². The molecular weight excluding hydrogens is 333 g/mol. The minimum atomic E-state index is -1.94. The van der Waals surface area contributed by atoms with Crippen LogP contribution in [0, 0.1) is 24.3 Å². The summed E-state index contributed by atoms with van der Waals surface area (Å²) in [5, 5.41) is 10.3. The van der Waals surface area contributed by atoms with Crippen LogP contribution in [-0.2, 0) is 14.3 Å². The number of hydrogen-bond donors (Lipinski definition) is 2. The van der Waals surface area contributed by atoms with Crippen LogP contribution in [0.1, 0.15) is 26.5 Å². The van der Waals surface area contributed by atoms with E-state index in [-0.39, 0.29) is 23.4 Å². The first kappa shape index (κ1) is 17.1. The fourth-order valence-electron chi connectivity index (χ4n) is 2.49. The molecule has 3 rings (SSSR count). The Labute approximate surface area is 142 Å². The first-order chi connectivity index (χ1) is 11.8. The average molecular weight is 349 g/mol. The smallest absolute Gasteiger partial charge is 0.312 e. The summed E-state index contributed by atoms with van der Waals surface area (Å²) in [7, 11) is 0. The van der Waals surface area contributed by atoms with Crippen molar-refractivity contribution in [1.82, 2.24) is 19.5 Å². The zero-order valence-corrected chi connectivity index (χ0v) is 13.5. The number of rotatable bonds is 3. The third-order valence-corrected chi connectivity index (χ3v) is 3.83. The summed E-state index contributed by atoms with van der Waals surface area (Å²) in [6.45, 7) is 3.24. The summed E-state index contributed by atoms with van der Waals surface area (Å²) in [5.41, 5.74) is 5.87. The van der Waals surface area contributed by atoms with Gasteiger partial charge in [-0.15, -0.1) is 6.42 Å². The molecule has 2 aromatic rings. The van der Waals surface area contributed by atoms with Crippen LogP contribution in [0.4, 0.5) is 10.2 Å². The highest BCUT2D eigenvalue weighted by molar-refractivity contribution is 5.81. The molecule has 1 aliphatic rings. The van der Waals surface area contributed by atoms with Gasteiger partial charge in [0, 0.05) is 6.42 Å². The number of esters is 1. The molecule has 0 aromatic carbocycles. The van der Waals surface area contributed by atoms with E-state index in [1.54, 1.807) is 13.8 Å². The molecule has 0 radical (unpaired) electrons. The fourth-order valence-corrected chi connectivity index (χ4v) is 2.49. The number of nitrogens with zero attached hydrogens (tertiary/aromatic N) is 4. The lowest BCUT2D eigenvalue weighted by atomic mass is 10.1. The van der Waals surface area contributed by atoms with Gasteiger partial charge in [0.25, 0.3) is 0 Å². The highest BCUT2D eigenvalue weighted by Crippen LogP contribution is 2.39. The van der Waals surface area contributed by atoms with Gasteiger partial charge < -0.3 is 20.3 Å². The number of terminal acetylenes is 1. The molecule has 0 amide bonds. The first-order valence-corrected chi connectivity index (χ1v) is 7.49. The van der Waals surface area contributed by atoms with E-state index in [1.807, 2.05) is 0 Å². The topological polar surface area (TPSA) is 125 Å². The van der Waals surface area contributed by atoms with Crippen molar-refractivity contribution in [3.8, 4) is 12.3 Å². The third-order valence-electron chi connectivity index (χ3n) is 3.83. The van der Waals surface area contributed by atoms with Crippen molar-refractivity contribution < 1.29 is 23.8 Å². The Morgan fingerprint density at radius 1 is 1.64 bits per heavy atom. The maximum atomic E-state index is 13.5. The second-order valence-electron chi connectivity index (χ2n) is 5.91. The Balaban J connectivity index is 1.96. The van der Waals surface area contributed by atoms with Crippen LogP contribution in [0.5, 0.6) is 0 Å². The van der Waals surface area contributed by atoms with Gasteiger partial charge in [-0.1, -0.05) is 13.8 Å². The van der Waals surface area contributed by atoms with E-state index in [9.17, 15) is 14.3 Å². The highest BCUT2D eigenvalue weighted by Gasteiger charge is 2.52. The van der Waals surface area contributed by atoms with Crippen LogP contribution in [0.2, 0.25) is 0 Å². The predicted octanol–water partition coefficient (Wildman–Crippen LogP) is 0.356. The van der Waals surface area contributed by atoms with E-state index in [0.717, 1.165) is 0 Å². The van der Waals surface area contributed by atoms with Gasteiger partial charge in [-0.25, -0.2) is 4.98 Å². The number of anilines is 1. The predicted molar refractivity (Wildman–Crippen MR) is 82.9 cm³/mol. The van der Waals surface area contributed by atoms with Gasteiger partial charge in [0.1, 0.15) is 12.3 Å². The number of aromatic nitrogens is 4. The molecule has 1 saturated heterocycles. The van der Waals surface area contributed by atoms with E-state index < -0.39 is 36.1 Å². The molecule has 3 N–H and O–H groups in total. The summed E-state index contributed by atoms with van der Waals surface area (Å²) >= 11 is 0. The lowest BCUT2D eigenvalue weighted by Gasteiger charge is -2.27. The average Bonchev–Trinajstić information content (AvgIpc) is 3.09. The Hall–Kier alpha value is -2.77. The lowest BCUT2D eigenvalue weighted by Crippen LogP contribution is -2.43. The van der Waals surface area contributed by atoms with E-state index in [2.05, 4.69) is 20.9 Å². The van der Waals surface area contributed by atoms with Gasteiger partial charge in [0.15, 0.2) is 17.0 Å². The van der Waals surface area contributed by atoms with Gasteiger partial charge in [0.05, 0.1) is 12.2 Å². The molecule has 0 spiro atoms. The molecular formula is C15H16FN5O4. The SMILES string of the molecule is C#C[C@]1(OC(=O)C(C)C)O[C@@H](n2cnc3c(N)nc(F)nc32)C[C@@H]1O. The molecule has 1 fully saturated rings. The van der Waals surface area contributed by atoms with Crippen molar-refractivity contribution in [1.29, 1.82) is 0 Å². The molecule has 0 bridgehead atoms. The van der Waals surface area contributed by atoms with Crippen LogP contribution >= 0.6 is 0 Å². The number of nitrogen functional groups attached to an aromatic ring is 1. The molecule has 3 heterocycles. The number of ether oxygens (including phenoxy) is 2. The maximum absolute atomic E-state index is 13.5. The number of imidazole rings is 1. The quantitative estimate of drug-likeness (QED) is 0.462. The zero-order chi connectivity index (χ0) is 18.4. The first-order valence-electron chi connectivity index (χ1n) is 7.49. The van der Waals surface area contributed by atoms with Crippen molar-refractivity contribution in [2.24, 2.45) is 5.92 Å². The summed E-state index contributed by atoms with van der Waals surface area (Å²) in [6.07, 6.45) is 3.53. The van der Waals surface area contributed by atoms with Gasteiger partial charge >= 0.3 is 17.8 Å². The van der Waals surface area contributed by atoms with Gasteiger partial charge in [-0.3, -0.25) is 9.36 Å². The molecule has 0 saturated carbocycles. The van der Waals surface area contributed by atoms with Crippen molar-refractivity contribution in [2.45, 2.75) is 38.4 Å². The molecule has 9 nitrogen and oxygen atoms in total. The lowest BCUT2D eigenvalue weighted by molar-refractivity contribution is -0.228. The van der Waals surface area contributed by atoms with Crippen LogP contribution in [0.15, 0.2) is 6.33 Å². The minimum Gasteiger partial charge on any atom is -0.418 e.